The fourth-order valence-electron chi connectivity index (χ4n) is 6.29. The summed E-state index contributed by atoms with van der Waals surface area (Å²) in [7, 11) is 0. The van der Waals surface area contributed by atoms with Crippen molar-refractivity contribution in [2.24, 2.45) is 11.3 Å². The third kappa shape index (κ3) is 3.96. The van der Waals surface area contributed by atoms with Crippen molar-refractivity contribution in [3.8, 4) is 0 Å². The molecule has 7 rings (SSSR count). The molecule has 5 nitrogen and oxygen atoms in total. The number of aryl methyl sites for hydroxylation is 1. The third-order valence-corrected chi connectivity index (χ3v) is 9.47. The highest BCUT2D eigenvalue weighted by atomic mass is 32.2. The molecule has 2 heterocycles. The first-order chi connectivity index (χ1) is 16.5. The summed E-state index contributed by atoms with van der Waals surface area (Å²) in [6.45, 7) is 0.421. The molecule has 2 bridgehead atoms. The fraction of sp³-hybridized carbons (Fsp3) is 0.464. The van der Waals surface area contributed by atoms with Gasteiger partial charge in [-0.05, 0) is 85.1 Å². The maximum Gasteiger partial charge on any atom is 0.255 e. The van der Waals surface area contributed by atoms with Crippen LogP contribution in [0.15, 0.2) is 47.4 Å². The molecule has 3 saturated carbocycles. The van der Waals surface area contributed by atoms with Gasteiger partial charge >= 0.3 is 0 Å². The van der Waals surface area contributed by atoms with Crippen molar-refractivity contribution in [3.05, 3.63) is 64.7 Å². The van der Waals surface area contributed by atoms with Gasteiger partial charge in [-0.25, -0.2) is 0 Å². The Morgan fingerprint density at radius 1 is 1.00 bits per heavy atom. The summed E-state index contributed by atoms with van der Waals surface area (Å²) in [6, 6.07) is 14.2. The summed E-state index contributed by atoms with van der Waals surface area (Å²) >= 11 is 1.74. The zero-order chi connectivity index (χ0) is 23.3. The molecule has 2 aliphatic heterocycles. The molecule has 2 aromatic carbocycles. The number of benzene rings is 2. The normalized spacial score (nSPS) is 27.2. The topological polar surface area (TPSA) is 66.5 Å². The Morgan fingerprint density at radius 2 is 1.76 bits per heavy atom. The van der Waals surface area contributed by atoms with Gasteiger partial charge in [0, 0.05) is 29.2 Å². The van der Waals surface area contributed by atoms with Crippen LogP contribution in [0.25, 0.3) is 0 Å². The predicted octanol–water partition coefficient (Wildman–Crippen LogP) is 4.86. The van der Waals surface area contributed by atoms with E-state index < -0.39 is 6.04 Å². The molecule has 4 fully saturated rings. The lowest BCUT2D eigenvalue weighted by Crippen LogP contribution is -2.52. The van der Waals surface area contributed by atoms with Crippen LogP contribution in [-0.4, -0.2) is 28.7 Å². The molecule has 3 amide bonds. The number of nitrogens with zero attached hydrogens (tertiary/aromatic N) is 1. The average Bonchev–Trinajstić information content (AvgIpc) is 3.11. The first kappa shape index (κ1) is 21.9. The molecule has 34 heavy (non-hydrogen) atoms. The summed E-state index contributed by atoms with van der Waals surface area (Å²) in [5.74, 6) is 1.17. The van der Waals surface area contributed by atoms with Gasteiger partial charge < -0.3 is 4.90 Å². The summed E-state index contributed by atoms with van der Waals surface area (Å²) in [4.78, 5) is 39.5. The van der Waals surface area contributed by atoms with Crippen LogP contribution in [0.2, 0.25) is 0 Å². The summed E-state index contributed by atoms with van der Waals surface area (Å²) in [5.41, 5.74) is 5.11. The van der Waals surface area contributed by atoms with E-state index in [1.165, 1.54) is 49.7 Å². The van der Waals surface area contributed by atoms with Crippen LogP contribution in [0.1, 0.15) is 72.0 Å². The maximum absolute atomic E-state index is 13.0. The third-order valence-electron chi connectivity index (χ3n) is 8.29. The molecule has 0 aromatic heterocycles. The lowest BCUT2D eigenvalue weighted by atomic mass is 9.43. The molecule has 0 radical (unpaired) electrons. The van der Waals surface area contributed by atoms with Crippen LogP contribution in [0, 0.1) is 11.3 Å². The van der Waals surface area contributed by atoms with Crippen LogP contribution in [0.3, 0.4) is 0 Å². The van der Waals surface area contributed by atoms with E-state index in [0.29, 0.717) is 18.5 Å². The zero-order valence-corrected chi connectivity index (χ0v) is 20.2. The number of thioether (sulfide) groups is 1. The van der Waals surface area contributed by atoms with Crippen molar-refractivity contribution < 1.29 is 14.4 Å². The number of hydrogen-bond donors (Lipinski definition) is 1. The van der Waals surface area contributed by atoms with Gasteiger partial charge in [0.2, 0.25) is 11.8 Å². The number of fused-ring (bicyclic) bond motifs is 1. The number of carbonyl (C=O) groups excluding carboxylic acids is 3. The van der Waals surface area contributed by atoms with Crippen molar-refractivity contribution in [2.45, 2.75) is 74.6 Å². The zero-order valence-electron chi connectivity index (χ0n) is 19.3. The van der Waals surface area contributed by atoms with Crippen LogP contribution in [0.5, 0.6) is 0 Å². The Hall–Kier alpha value is -2.60. The van der Waals surface area contributed by atoms with E-state index in [4.69, 9.17) is 0 Å². The van der Waals surface area contributed by atoms with Crippen molar-refractivity contribution in [1.29, 1.82) is 0 Å². The van der Waals surface area contributed by atoms with Gasteiger partial charge in [0.25, 0.3) is 5.91 Å². The molecule has 6 heteroatoms. The summed E-state index contributed by atoms with van der Waals surface area (Å²) in [6.07, 6.45) is 9.00. The average molecular weight is 475 g/mol. The molecular formula is C28H30N2O3S. The molecule has 176 valence electrons. The highest BCUT2D eigenvalue weighted by Crippen LogP contribution is 2.66. The van der Waals surface area contributed by atoms with Crippen molar-refractivity contribution in [3.63, 3.8) is 0 Å². The Labute approximate surface area is 204 Å². The molecule has 1 saturated heterocycles. The summed E-state index contributed by atoms with van der Waals surface area (Å²) < 4.78 is 0. The molecule has 0 spiro atoms. The second kappa shape index (κ2) is 8.56. The first-order valence-corrected chi connectivity index (χ1v) is 13.5. The maximum atomic E-state index is 13.0. The lowest BCUT2D eigenvalue weighted by Gasteiger charge is -2.62. The lowest BCUT2D eigenvalue weighted by molar-refractivity contribution is -0.136. The smallest absolute Gasteiger partial charge is 0.255 e. The van der Waals surface area contributed by atoms with E-state index in [0.717, 1.165) is 27.5 Å². The van der Waals surface area contributed by atoms with Crippen LogP contribution >= 0.6 is 11.8 Å². The molecule has 1 unspecified atom stereocenters. The van der Waals surface area contributed by atoms with Crippen LogP contribution in [0.4, 0.5) is 0 Å². The highest BCUT2D eigenvalue weighted by Gasteiger charge is 2.55. The minimum atomic E-state index is -0.572. The number of piperidine rings is 1. The van der Waals surface area contributed by atoms with E-state index in [2.05, 4.69) is 35.6 Å². The van der Waals surface area contributed by atoms with Crippen molar-refractivity contribution in [1.82, 2.24) is 10.2 Å². The molecular weight excluding hydrogens is 444 g/mol. The van der Waals surface area contributed by atoms with Gasteiger partial charge in [-0.15, -0.1) is 11.8 Å². The van der Waals surface area contributed by atoms with Gasteiger partial charge in [-0.1, -0.05) is 30.3 Å². The predicted molar refractivity (Wildman–Crippen MR) is 131 cm³/mol. The van der Waals surface area contributed by atoms with E-state index >= 15 is 0 Å². The number of rotatable bonds is 8. The van der Waals surface area contributed by atoms with E-state index in [1.807, 2.05) is 12.1 Å². The molecule has 3 aliphatic carbocycles. The Kier molecular flexibility index (Phi) is 5.51. The van der Waals surface area contributed by atoms with Gasteiger partial charge in [-0.2, -0.15) is 0 Å². The Bertz CT molecular complexity index is 1140. The van der Waals surface area contributed by atoms with Crippen LogP contribution in [-0.2, 0) is 28.3 Å². The standard InChI is InChI=1S/C28H30N2O3S/c31-25-11-10-23(26(32)29-25)30-16-22-21(27(30)33)4-1-5-24(22)34-17-19-8-6-18(7-9-19)3-2-12-28-13-20(14-28)15-28/h1,4-9,20,23H,2-3,10-17H2,(H,29,31,32). The van der Waals surface area contributed by atoms with E-state index in [1.54, 1.807) is 16.7 Å². The van der Waals surface area contributed by atoms with Crippen molar-refractivity contribution >= 4 is 29.5 Å². The van der Waals surface area contributed by atoms with E-state index in [9.17, 15) is 14.4 Å². The number of imide groups is 1. The molecule has 2 aromatic rings. The second-order valence-corrected chi connectivity index (χ2v) is 11.6. The molecule has 1 atom stereocenters. The minimum absolute atomic E-state index is 0.116. The first-order valence-electron chi connectivity index (χ1n) is 12.5. The fourth-order valence-corrected chi connectivity index (χ4v) is 7.33. The SMILES string of the molecule is O=C1CCC(N2Cc3c(SCc4ccc(CCCC56CC(C5)C6)cc4)cccc3C2=O)C(=O)N1. The number of amides is 3. The molecule has 1 N–H and O–H groups in total. The number of nitrogens with one attached hydrogen (secondary N) is 1. The monoisotopic (exact) mass is 474 g/mol. The Morgan fingerprint density at radius 3 is 2.47 bits per heavy atom. The minimum Gasteiger partial charge on any atom is -0.322 e. The summed E-state index contributed by atoms with van der Waals surface area (Å²) in [5, 5.41) is 2.37. The van der Waals surface area contributed by atoms with Gasteiger partial charge in [-0.3, -0.25) is 19.7 Å². The van der Waals surface area contributed by atoms with E-state index in [-0.39, 0.29) is 24.1 Å². The number of carbonyl (C=O) groups is 3. The van der Waals surface area contributed by atoms with Crippen molar-refractivity contribution in [2.75, 3.05) is 0 Å². The highest BCUT2D eigenvalue weighted by molar-refractivity contribution is 7.98. The van der Waals surface area contributed by atoms with Gasteiger partial charge in [0.15, 0.2) is 0 Å². The number of hydrogen-bond acceptors (Lipinski definition) is 4. The van der Waals surface area contributed by atoms with Gasteiger partial charge in [0.1, 0.15) is 6.04 Å². The second-order valence-electron chi connectivity index (χ2n) is 10.6. The molecule has 5 aliphatic rings. The quantitative estimate of drug-likeness (QED) is 0.438. The largest absolute Gasteiger partial charge is 0.322 e. The van der Waals surface area contributed by atoms with Crippen LogP contribution < -0.4 is 5.32 Å². The Balaban J connectivity index is 1.06. The van der Waals surface area contributed by atoms with Gasteiger partial charge in [0.05, 0.1) is 0 Å².